The number of aromatic nitrogens is 2. The summed E-state index contributed by atoms with van der Waals surface area (Å²) in [6.45, 7) is 0.0190. The molecule has 2 aromatic carbocycles. The number of methoxy groups -OCH3 is 2. The summed E-state index contributed by atoms with van der Waals surface area (Å²) < 4.78 is 30.2. The first-order valence-electron chi connectivity index (χ1n) is 8.41. The molecule has 3 rings (SSSR count). The van der Waals surface area contributed by atoms with Crippen molar-refractivity contribution in [3.63, 3.8) is 0 Å². The van der Waals surface area contributed by atoms with Gasteiger partial charge in [-0.1, -0.05) is 41.9 Å². The molecule has 0 saturated carbocycles. The van der Waals surface area contributed by atoms with Crippen molar-refractivity contribution in [1.29, 1.82) is 0 Å². The average Bonchev–Trinajstić information content (AvgIpc) is 2.72. The molecular weight excluding hydrogens is 401 g/mol. The van der Waals surface area contributed by atoms with Crippen molar-refractivity contribution >= 4 is 23.4 Å². The van der Waals surface area contributed by atoms with Gasteiger partial charge in [-0.15, -0.1) is 0 Å². The molecule has 0 spiro atoms. The van der Waals surface area contributed by atoms with E-state index in [0.717, 1.165) is 5.56 Å². The first-order chi connectivity index (χ1) is 14.0. The van der Waals surface area contributed by atoms with Crippen LogP contribution in [-0.2, 0) is 11.3 Å². The van der Waals surface area contributed by atoms with Gasteiger partial charge in [0.05, 0.1) is 24.8 Å². The molecule has 1 heterocycles. The van der Waals surface area contributed by atoms with Crippen molar-refractivity contribution < 1.29 is 23.4 Å². The Hall–Kier alpha value is -3.39. The van der Waals surface area contributed by atoms with Crippen LogP contribution in [0.4, 0.5) is 10.2 Å². The van der Waals surface area contributed by atoms with Crippen LogP contribution in [0.5, 0.6) is 11.5 Å². The Morgan fingerprint density at radius 2 is 1.76 bits per heavy atom. The van der Waals surface area contributed by atoms with Gasteiger partial charge < -0.3 is 19.9 Å². The zero-order valence-electron chi connectivity index (χ0n) is 15.6. The molecule has 0 radical (unpaired) electrons. The summed E-state index contributed by atoms with van der Waals surface area (Å²) in [5.74, 6) is -2.08. The Morgan fingerprint density at radius 1 is 1.07 bits per heavy atom. The molecule has 0 amide bonds. The SMILES string of the molecule is COc1c(N)nc(-c2ccc(Cl)c(OC)c2F)nc1C(=O)OCc1ccccc1. The molecule has 1 aromatic heterocycles. The number of nitrogen functional groups attached to an aromatic ring is 1. The summed E-state index contributed by atoms with van der Waals surface area (Å²) in [7, 11) is 2.60. The van der Waals surface area contributed by atoms with E-state index in [1.807, 2.05) is 18.2 Å². The number of hydrogen-bond acceptors (Lipinski definition) is 7. The van der Waals surface area contributed by atoms with Crippen LogP contribution in [0, 0.1) is 5.82 Å². The van der Waals surface area contributed by atoms with Crippen LogP contribution in [0.1, 0.15) is 16.1 Å². The topological polar surface area (TPSA) is 96.6 Å². The number of esters is 1. The monoisotopic (exact) mass is 417 g/mol. The number of carbonyl (C=O) groups is 1. The van der Waals surface area contributed by atoms with Crippen molar-refractivity contribution in [2.75, 3.05) is 20.0 Å². The third kappa shape index (κ3) is 4.22. The molecule has 0 aliphatic heterocycles. The van der Waals surface area contributed by atoms with Gasteiger partial charge in [0.25, 0.3) is 0 Å². The van der Waals surface area contributed by atoms with E-state index < -0.39 is 11.8 Å². The van der Waals surface area contributed by atoms with Gasteiger partial charge in [0, 0.05) is 0 Å². The molecule has 0 bridgehead atoms. The third-order valence-electron chi connectivity index (χ3n) is 4.00. The van der Waals surface area contributed by atoms with E-state index in [-0.39, 0.29) is 46.0 Å². The van der Waals surface area contributed by atoms with E-state index in [9.17, 15) is 9.18 Å². The molecule has 0 atom stereocenters. The lowest BCUT2D eigenvalue weighted by molar-refractivity contribution is 0.0461. The number of rotatable bonds is 6. The van der Waals surface area contributed by atoms with Crippen LogP contribution in [0.15, 0.2) is 42.5 Å². The fraction of sp³-hybridized carbons (Fsp3) is 0.150. The minimum atomic E-state index is -0.789. The Bertz CT molecular complexity index is 1050. The number of hydrogen-bond donors (Lipinski definition) is 1. The van der Waals surface area contributed by atoms with E-state index in [0.29, 0.717) is 0 Å². The van der Waals surface area contributed by atoms with Crippen molar-refractivity contribution in [2.45, 2.75) is 6.61 Å². The Balaban J connectivity index is 2.00. The first kappa shape index (κ1) is 20.3. The molecular formula is C20H17ClFN3O4. The lowest BCUT2D eigenvalue weighted by Crippen LogP contribution is -2.13. The maximum absolute atomic E-state index is 14.8. The maximum Gasteiger partial charge on any atom is 0.361 e. The minimum absolute atomic E-state index is 0.0190. The third-order valence-corrected chi connectivity index (χ3v) is 4.29. The highest BCUT2D eigenvalue weighted by molar-refractivity contribution is 6.32. The molecule has 0 fully saturated rings. The van der Waals surface area contributed by atoms with Crippen LogP contribution < -0.4 is 15.2 Å². The number of carbonyl (C=O) groups excluding carboxylic acids is 1. The van der Waals surface area contributed by atoms with Gasteiger partial charge in [-0.05, 0) is 17.7 Å². The highest BCUT2D eigenvalue weighted by atomic mass is 35.5. The average molecular weight is 418 g/mol. The molecule has 0 aliphatic rings. The van der Waals surface area contributed by atoms with Crippen LogP contribution in [0.25, 0.3) is 11.4 Å². The van der Waals surface area contributed by atoms with Crippen LogP contribution in [0.2, 0.25) is 5.02 Å². The molecule has 2 N–H and O–H groups in total. The Kier molecular flexibility index (Phi) is 6.13. The molecule has 0 saturated heterocycles. The summed E-state index contributed by atoms with van der Waals surface area (Å²) in [6, 6.07) is 11.9. The molecule has 0 aliphatic carbocycles. The highest BCUT2D eigenvalue weighted by Crippen LogP contribution is 2.35. The van der Waals surface area contributed by atoms with Crippen LogP contribution in [-0.4, -0.2) is 30.2 Å². The van der Waals surface area contributed by atoms with E-state index >= 15 is 0 Å². The standard InChI is InChI=1S/C20H17ClFN3O4/c1-27-16-13(21)9-8-12(14(16)22)19-24-15(17(28-2)18(23)25-19)20(26)29-10-11-6-4-3-5-7-11/h3-9H,10H2,1-2H3,(H2,23,24,25). The highest BCUT2D eigenvalue weighted by Gasteiger charge is 2.24. The molecule has 3 aromatic rings. The number of nitrogens with zero attached hydrogens (tertiary/aromatic N) is 2. The molecule has 29 heavy (non-hydrogen) atoms. The summed E-state index contributed by atoms with van der Waals surface area (Å²) >= 11 is 5.92. The quantitative estimate of drug-likeness (QED) is 0.607. The van der Waals surface area contributed by atoms with Crippen LogP contribution >= 0.6 is 11.6 Å². The van der Waals surface area contributed by atoms with Gasteiger partial charge in [-0.3, -0.25) is 0 Å². The zero-order valence-corrected chi connectivity index (χ0v) is 16.4. The second-order valence-electron chi connectivity index (χ2n) is 5.82. The molecule has 9 heteroatoms. The smallest absolute Gasteiger partial charge is 0.361 e. The summed E-state index contributed by atoms with van der Waals surface area (Å²) in [4.78, 5) is 20.8. The van der Waals surface area contributed by atoms with Gasteiger partial charge in [0.15, 0.2) is 34.7 Å². The van der Waals surface area contributed by atoms with Crippen molar-refractivity contribution in [2.24, 2.45) is 0 Å². The van der Waals surface area contributed by atoms with Crippen molar-refractivity contribution in [1.82, 2.24) is 9.97 Å². The van der Waals surface area contributed by atoms with E-state index in [1.165, 1.54) is 26.4 Å². The zero-order chi connectivity index (χ0) is 21.0. The second kappa shape index (κ2) is 8.74. The number of anilines is 1. The van der Waals surface area contributed by atoms with E-state index in [1.54, 1.807) is 12.1 Å². The normalized spacial score (nSPS) is 10.5. The summed E-state index contributed by atoms with van der Waals surface area (Å²) in [5, 5.41) is 0.0812. The van der Waals surface area contributed by atoms with Gasteiger partial charge >= 0.3 is 5.97 Å². The fourth-order valence-corrected chi connectivity index (χ4v) is 2.83. The van der Waals surface area contributed by atoms with Crippen molar-refractivity contribution in [3.8, 4) is 22.9 Å². The number of benzene rings is 2. The number of nitrogens with two attached hydrogens (primary N) is 1. The summed E-state index contributed by atoms with van der Waals surface area (Å²) in [6.07, 6.45) is 0. The first-order valence-corrected chi connectivity index (χ1v) is 8.79. The van der Waals surface area contributed by atoms with Crippen LogP contribution in [0.3, 0.4) is 0 Å². The Labute approximate surface area is 171 Å². The fourth-order valence-electron chi connectivity index (χ4n) is 2.61. The van der Waals surface area contributed by atoms with Gasteiger partial charge in [0.2, 0.25) is 0 Å². The maximum atomic E-state index is 14.8. The summed E-state index contributed by atoms with van der Waals surface area (Å²) in [5.41, 5.74) is 6.42. The lowest BCUT2D eigenvalue weighted by atomic mass is 10.1. The number of ether oxygens (including phenoxy) is 3. The molecule has 0 unspecified atom stereocenters. The van der Waals surface area contributed by atoms with E-state index in [2.05, 4.69) is 9.97 Å². The van der Waals surface area contributed by atoms with Gasteiger partial charge in [-0.25, -0.2) is 19.2 Å². The number of halogens is 2. The predicted octanol–water partition coefficient (Wildman–Crippen LogP) is 3.89. The van der Waals surface area contributed by atoms with E-state index in [4.69, 9.17) is 31.5 Å². The second-order valence-corrected chi connectivity index (χ2v) is 6.23. The lowest BCUT2D eigenvalue weighted by Gasteiger charge is -2.13. The Morgan fingerprint density at radius 3 is 2.41 bits per heavy atom. The minimum Gasteiger partial charge on any atom is -0.492 e. The van der Waals surface area contributed by atoms with Crippen molar-refractivity contribution in [3.05, 3.63) is 64.6 Å². The molecule has 7 nitrogen and oxygen atoms in total. The largest absolute Gasteiger partial charge is 0.492 e. The van der Waals surface area contributed by atoms with Gasteiger partial charge in [-0.2, -0.15) is 0 Å². The van der Waals surface area contributed by atoms with Gasteiger partial charge in [0.1, 0.15) is 6.61 Å². The predicted molar refractivity (Wildman–Crippen MR) is 106 cm³/mol. The molecule has 150 valence electrons.